The van der Waals surface area contributed by atoms with Crippen LogP contribution in [-0.2, 0) is 15.5 Å². The molecule has 1 saturated heterocycles. The van der Waals surface area contributed by atoms with Crippen molar-refractivity contribution in [1.29, 1.82) is 0 Å². The molecule has 2 fully saturated rings. The fraction of sp³-hybridized carbons (Fsp3) is 0.706. The van der Waals surface area contributed by atoms with Crippen LogP contribution in [0.2, 0.25) is 0 Å². The second kappa shape index (κ2) is 5.73. The van der Waals surface area contributed by atoms with Gasteiger partial charge in [-0.05, 0) is 46.6 Å². The van der Waals surface area contributed by atoms with Gasteiger partial charge < -0.3 is 9.31 Å². The van der Waals surface area contributed by atoms with Gasteiger partial charge in [0.2, 0.25) is 0 Å². The fourth-order valence-electron chi connectivity index (χ4n) is 3.32. The largest absolute Gasteiger partial charge is 0.497 e. The van der Waals surface area contributed by atoms with Crippen LogP contribution in [0.1, 0.15) is 70.7 Å². The highest BCUT2D eigenvalue weighted by atomic mass is 19.4. The van der Waals surface area contributed by atoms with Crippen molar-refractivity contribution >= 4 is 12.6 Å². The first-order valence-electron chi connectivity index (χ1n) is 8.45. The summed E-state index contributed by atoms with van der Waals surface area (Å²) in [6.07, 6.45) is -0.632. The highest BCUT2D eigenvalue weighted by Gasteiger charge is 2.54. The van der Waals surface area contributed by atoms with Crippen molar-refractivity contribution in [2.45, 2.75) is 76.7 Å². The molecule has 2 aliphatic rings. The summed E-state index contributed by atoms with van der Waals surface area (Å²) in [5.41, 5.74) is -1.77. The molecule has 1 saturated carbocycles. The highest BCUT2D eigenvalue weighted by molar-refractivity contribution is 6.62. The van der Waals surface area contributed by atoms with Crippen LogP contribution in [0.25, 0.3) is 0 Å². The molecular formula is C17H23BF3NO2. The van der Waals surface area contributed by atoms with Crippen LogP contribution in [-0.4, -0.2) is 23.3 Å². The number of rotatable bonds is 2. The molecule has 0 amide bonds. The highest BCUT2D eigenvalue weighted by Crippen LogP contribution is 2.39. The van der Waals surface area contributed by atoms with Crippen LogP contribution >= 0.6 is 0 Å². The van der Waals surface area contributed by atoms with Crippen LogP contribution in [0.5, 0.6) is 0 Å². The lowest BCUT2D eigenvalue weighted by Crippen LogP contribution is -2.41. The minimum atomic E-state index is -4.53. The van der Waals surface area contributed by atoms with Gasteiger partial charge in [0.1, 0.15) is 5.69 Å². The lowest BCUT2D eigenvalue weighted by molar-refractivity contribution is -0.140. The van der Waals surface area contributed by atoms with Crippen molar-refractivity contribution in [2.24, 2.45) is 0 Å². The minimum Gasteiger partial charge on any atom is -0.399 e. The smallest absolute Gasteiger partial charge is 0.399 e. The molecule has 0 N–H and O–H groups in total. The van der Waals surface area contributed by atoms with Gasteiger partial charge in [-0.25, -0.2) is 4.98 Å². The predicted molar refractivity (Wildman–Crippen MR) is 86.2 cm³/mol. The number of halogens is 3. The van der Waals surface area contributed by atoms with Gasteiger partial charge in [0, 0.05) is 17.1 Å². The quantitative estimate of drug-likeness (QED) is 0.761. The molecule has 2 heterocycles. The Morgan fingerprint density at radius 1 is 1.04 bits per heavy atom. The van der Waals surface area contributed by atoms with Crippen LogP contribution in [0.4, 0.5) is 13.2 Å². The number of hydrogen-bond donors (Lipinski definition) is 0. The topological polar surface area (TPSA) is 31.4 Å². The molecule has 0 radical (unpaired) electrons. The van der Waals surface area contributed by atoms with E-state index in [-0.39, 0.29) is 11.4 Å². The lowest BCUT2D eigenvalue weighted by Gasteiger charge is -2.32. The molecule has 3 nitrogen and oxygen atoms in total. The maximum Gasteiger partial charge on any atom is 0.497 e. The Morgan fingerprint density at radius 3 is 2.08 bits per heavy atom. The monoisotopic (exact) mass is 341 g/mol. The molecule has 3 rings (SSSR count). The summed E-state index contributed by atoms with van der Waals surface area (Å²) in [6.45, 7) is 7.28. The average molecular weight is 341 g/mol. The standard InChI is InChI=1S/C17H23BF3NO2/c1-15(2)16(3,4)24-18(23-15)12-9-10-13(11-7-5-6-8-11)22-14(12)17(19,20)21/h9-11H,5-8H2,1-4H3. The minimum absolute atomic E-state index is 0.0390. The van der Waals surface area contributed by atoms with Crippen LogP contribution < -0.4 is 5.46 Å². The van der Waals surface area contributed by atoms with E-state index in [1.807, 2.05) is 27.7 Å². The van der Waals surface area contributed by atoms with Gasteiger partial charge in [-0.3, -0.25) is 0 Å². The Balaban J connectivity index is 1.99. The van der Waals surface area contributed by atoms with E-state index in [9.17, 15) is 13.2 Å². The molecule has 1 aromatic heterocycles. The van der Waals surface area contributed by atoms with Crippen molar-refractivity contribution in [3.8, 4) is 0 Å². The van der Waals surface area contributed by atoms with Crippen LogP contribution in [0, 0.1) is 0 Å². The molecule has 1 aliphatic carbocycles. The molecule has 0 bridgehead atoms. The number of pyridine rings is 1. The van der Waals surface area contributed by atoms with Gasteiger partial charge in [-0.2, -0.15) is 13.2 Å². The van der Waals surface area contributed by atoms with Crippen LogP contribution in [0.3, 0.4) is 0 Å². The van der Waals surface area contributed by atoms with E-state index in [0.717, 1.165) is 25.7 Å². The predicted octanol–water partition coefficient (Wildman–Crippen LogP) is 4.06. The zero-order valence-corrected chi connectivity index (χ0v) is 14.5. The Bertz CT molecular complexity index is 609. The van der Waals surface area contributed by atoms with Crippen LogP contribution in [0.15, 0.2) is 12.1 Å². The number of hydrogen-bond acceptors (Lipinski definition) is 3. The van der Waals surface area contributed by atoms with E-state index in [2.05, 4.69) is 4.98 Å². The van der Waals surface area contributed by atoms with Gasteiger partial charge in [0.15, 0.2) is 0 Å². The van der Waals surface area contributed by atoms with Gasteiger partial charge in [0.05, 0.1) is 11.2 Å². The summed E-state index contributed by atoms with van der Waals surface area (Å²) in [4.78, 5) is 3.98. The summed E-state index contributed by atoms with van der Waals surface area (Å²) in [5.74, 6) is 0.124. The van der Waals surface area contributed by atoms with Crippen molar-refractivity contribution in [3.05, 3.63) is 23.5 Å². The number of nitrogens with zero attached hydrogens (tertiary/aromatic N) is 1. The zero-order chi connectivity index (χ0) is 17.8. The third-order valence-corrected chi connectivity index (χ3v) is 5.50. The fourth-order valence-corrected chi connectivity index (χ4v) is 3.32. The maximum absolute atomic E-state index is 13.6. The first-order valence-corrected chi connectivity index (χ1v) is 8.45. The third-order valence-electron chi connectivity index (χ3n) is 5.50. The summed E-state index contributed by atoms with van der Waals surface area (Å²) >= 11 is 0. The second-order valence-corrected chi connectivity index (χ2v) is 7.74. The summed E-state index contributed by atoms with van der Waals surface area (Å²) in [5, 5.41) is 0. The van der Waals surface area contributed by atoms with Crippen molar-refractivity contribution in [3.63, 3.8) is 0 Å². The Morgan fingerprint density at radius 2 is 1.58 bits per heavy atom. The maximum atomic E-state index is 13.6. The first-order chi connectivity index (χ1) is 11.0. The zero-order valence-electron chi connectivity index (χ0n) is 14.5. The van der Waals surface area contributed by atoms with Gasteiger partial charge >= 0.3 is 13.3 Å². The molecule has 132 valence electrons. The molecule has 0 aromatic carbocycles. The molecule has 1 aliphatic heterocycles. The summed E-state index contributed by atoms with van der Waals surface area (Å²) < 4.78 is 52.3. The van der Waals surface area contributed by atoms with E-state index in [0.29, 0.717) is 5.69 Å². The molecule has 24 heavy (non-hydrogen) atoms. The van der Waals surface area contributed by atoms with Gasteiger partial charge in [0.25, 0.3) is 0 Å². The van der Waals surface area contributed by atoms with E-state index in [1.165, 1.54) is 6.07 Å². The lowest BCUT2D eigenvalue weighted by atomic mass is 9.77. The van der Waals surface area contributed by atoms with E-state index < -0.39 is 30.2 Å². The molecule has 7 heteroatoms. The third kappa shape index (κ3) is 3.08. The van der Waals surface area contributed by atoms with Gasteiger partial charge in [-0.1, -0.05) is 18.9 Å². The Kier molecular flexibility index (Phi) is 4.24. The van der Waals surface area contributed by atoms with Crippen molar-refractivity contribution < 1.29 is 22.5 Å². The molecule has 0 atom stereocenters. The number of aromatic nitrogens is 1. The Hall–Kier alpha value is -1.08. The molecule has 0 unspecified atom stereocenters. The van der Waals surface area contributed by atoms with E-state index in [1.54, 1.807) is 6.07 Å². The van der Waals surface area contributed by atoms with Crippen molar-refractivity contribution in [2.75, 3.05) is 0 Å². The normalized spacial score (nSPS) is 23.9. The van der Waals surface area contributed by atoms with Gasteiger partial charge in [-0.15, -0.1) is 0 Å². The summed E-state index contributed by atoms with van der Waals surface area (Å²) in [6, 6.07) is 3.18. The average Bonchev–Trinajstić information content (AvgIpc) is 3.04. The SMILES string of the molecule is CC1(C)OB(c2ccc(C3CCCC3)nc2C(F)(F)F)OC1(C)C. The number of alkyl halides is 3. The van der Waals surface area contributed by atoms with Crippen molar-refractivity contribution in [1.82, 2.24) is 4.98 Å². The molecule has 1 aromatic rings. The second-order valence-electron chi connectivity index (χ2n) is 7.74. The summed E-state index contributed by atoms with van der Waals surface area (Å²) in [7, 11) is -1.06. The first kappa shape index (κ1) is 17.7. The van der Waals surface area contributed by atoms with E-state index >= 15 is 0 Å². The Labute approximate surface area is 141 Å². The molecule has 0 spiro atoms. The molecular weight excluding hydrogens is 318 g/mol. The van der Waals surface area contributed by atoms with E-state index in [4.69, 9.17) is 9.31 Å².